The lowest BCUT2D eigenvalue weighted by Gasteiger charge is -2.21. The van der Waals surface area contributed by atoms with Gasteiger partial charge in [-0.2, -0.15) is 5.26 Å². The molecule has 2 rings (SSSR count). The Morgan fingerprint density at radius 1 is 1.05 bits per heavy atom. The van der Waals surface area contributed by atoms with Crippen molar-refractivity contribution in [3.8, 4) is 11.8 Å². The van der Waals surface area contributed by atoms with Crippen molar-refractivity contribution >= 4 is 17.3 Å². The molecule has 0 aliphatic rings. The second-order valence-electron chi connectivity index (χ2n) is 4.21. The third-order valence-corrected chi connectivity index (χ3v) is 2.90. The molecule has 20 heavy (non-hydrogen) atoms. The lowest BCUT2D eigenvalue weighted by Crippen LogP contribution is -2.22. The first-order valence-corrected chi connectivity index (χ1v) is 6.10. The highest BCUT2D eigenvalue weighted by molar-refractivity contribution is 5.99. The summed E-state index contributed by atoms with van der Waals surface area (Å²) in [4.78, 5) is 13.5. The molecule has 100 valence electrons. The standard InChI is InChI=1S/C16H14N2O2/c1-12(19)18(14-5-3-13(11-17)4-6-14)15-7-9-16(20-2)10-8-15/h3-10H,1-2H3. The average molecular weight is 266 g/mol. The number of hydrogen-bond acceptors (Lipinski definition) is 3. The molecule has 4 nitrogen and oxygen atoms in total. The molecule has 0 radical (unpaired) electrons. The van der Waals surface area contributed by atoms with Gasteiger partial charge in [0.15, 0.2) is 0 Å². The van der Waals surface area contributed by atoms with Crippen LogP contribution in [0.15, 0.2) is 48.5 Å². The highest BCUT2D eigenvalue weighted by atomic mass is 16.5. The summed E-state index contributed by atoms with van der Waals surface area (Å²) in [7, 11) is 1.60. The molecule has 0 fully saturated rings. The smallest absolute Gasteiger partial charge is 0.228 e. The molecule has 2 aromatic rings. The SMILES string of the molecule is COc1ccc(N(C(C)=O)c2ccc(C#N)cc2)cc1. The summed E-state index contributed by atoms with van der Waals surface area (Å²) < 4.78 is 5.11. The highest BCUT2D eigenvalue weighted by Gasteiger charge is 2.13. The Morgan fingerprint density at radius 3 is 1.95 bits per heavy atom. The van der Waals surface area contributed by atoms with Crippen LogP contribution >= 0.6 is 0 Å². The van der Waals surface area contributed by atoms with Gasteiger partial charge in [-0.1, -0.05) is 0 Å². The molecular weight excluding hydrogens is 252 g/mol. The van der Waals surface area contributed by atoms with Crippen LogP contribution in [0.25, 0.3) is 0 Å². The quantitative estimate of drug-likeness (QED) is 0.856. The zero-order valence-electron chi connectivity index (χ0n) is 11.3. The summed E-state index contributed by atoms with van der Waals surface area (Å²) in [6, 6.07) is 16.2. The van der Waals surface area contributed by atoms with E-state index in [4.69, 9.17) is 10.00 Å². The van der Waals surface area contributed by atoms with E-state index >= 15 is 0 Å². The summed E-state index contributed by atoms with van der Waals surface area (Å²) in [5, 5.41) is 8.81. The monoisotopic (exact) mass is 266 g/mol. The van der Waals surface area contributed by atoms with Gasteiger partial charge in [0.2, 0.25) is 5.91 Å². The van der Waals surface area contributed by atoms with E-state index in [0.29, 0.717) is 5.56 Å². The molecule has 4 heteroatoms. The van der Waals surface area contributed by atoms with Gasteiger partial charge in [0.25, 0.3) is 0 Å². The van der Waals surface area contributed by atoms with Crippen molar-refractivity contribution in [1.29, 1.82) is 5.26 Å². The molecule has 0 heterocycles. The number of benzene rings is 2. The van der Waals surface area contributed by atoms with Crippen molar-refractivity contribution in [2.75, 3.05) is 12.0 Å². The number of nitriles is 1. The normalized spacial score (nSPS) is 9.65. The zero-order chi connectivity index (χ0) is 14.5. The van der Waals surface area contributed by atoms with E-state index in [1.807, 2.05) is 12.1 Å². The first kappa shape index (κ1) is 13.6. The van der Waals surface area contributed by atoms with Gasteiger partial charge in [-0.25, -0.2) is 0 Å². The fourth-order valence-electron chi connectivity index (χ4n) is 1.93. The van der Waals surface area contributed by atoms with Gasteiger partial charge in [0.05, 0.1) is 18.7 Å². The predicted molar refractivity (Wildman–Crippen MR) is 77.0 cm³/mol. The molecular formula is C16H14N2O2. The van der Waals surface area contributed by atoms with Gasteiger partial charge in [-0.05, 0) is 48.5 Å². The van der Waals surface area contributed by atoms with Crippen LogP contribution < -0.4 is 9.64 Å². The van der Waals surface area contributed by atoms with Crippen LogP contribution in [0.5, 0.6) is 5.75 Å². The maximum atomic E-state index is 11.9. The largest absolute Gasteiger partial charge is 0.497 e. The lowest BCUT2D eigenvalue weighted by atomic mass is 10.2. The van der Waals surface area contributed by atoms with Crippen molar-refractivity contribution in [2.45, 2.75) is 6.92 Å². The topological polar surface area (TPSA) is 53.3 Å². The number of rotatable bonds is 3. The van der Waals surface area contributed by atoms with Gasteiger partial charge in [-0.15, -0.1) is 0 Å². The summed E-state index contributed by atoms with van der Waals surface area (Å²) in [6.07, 6.45) is 0. The molecule has 0 aliphatic carbocycles. The zero-order valence-corrected chi connectivity index (χ0v) is 11.3. The number of amides is 1. The first-order chi connectivity index (χ1) is 9.65. The predicted octanol–water partition coefficient (Wildman–Crippen LogP) is 3.25. The van der Waals surface area contributed by atoms with E-state index < -0.39 is 0 Å². The highest BCUT2D eigenvalue weighted by Crippen LogP contribution is 2.27. The molecule has 0 spiro atoms. The van der Waals surface area contributed by atoms with Crippen LogP contribution in [0.3, 0.4) is 0 Å². The summed E-state index contributed by atoms with van der Waals surface area (Å²) in [6.45, 7) is 1.50. The van der Waals surface area contributed by atoms with Crippen LogP contribution in [-0.2, 0) is 4.79 Å². The van der Waals surface area contributed by atoms with Gasteiger partial charge < -0.3 is 4.74 Å². The average Bonchev–Trinajstić information content (AvgIpc) is 2.48. The molecule has 0 atom stereocenters. The number of hydrogen-bond donors (Lipinski definition) is 0. The number of anilines is 2. The molecule has 0 aromatic heterocycles. The number of methoxy groups -OCH3 is 1. The first-order valence-electron chi connectivity index (χ1n) is 6.10. The molecule has 0 unspecified atom stereocenters. The van der Waals surface area contributed by atoms with Crippen molar-refractivity contribution < 1.29 is 9.53 Å². The Balaban J connectivity index is 2.39. The maximum absolute atomic E-state index is 11.9. The van der Waals surface area contributed by atoms with Gasteiger partial charge in [0, 0.05) is 18.3 Å². The number of carbonyl (C=O) groups is 1. The molecule has 0 saturated heterocycles. The van der Waals surface area contributed by atoms with Gasteiger partial charge >= 0.3 is 0 Å². The summed E-state index contributed by atoms with van der Waals surface area (Å²) in [5.74, 6) is 0.636. The minimum Gasteiger partial charge on any atom is -0.497 e. The Hall–Kier alpha value is -2.80. The van der Waals surface area contributed by atoms with Gasteiger partial charge in [-0.3, -0.25) is 9.69 Å². The molecule has 0 bridgehead atoms. The van der Waals surface area contributed by atoms with Crippen molar-refractivity contribution in [2.24, 2.45) is 0 Å². The van der Waals surface area contributed by atoms with E-state index in [9.17, 15) is 4.79 Å². The number of nitrogens with zero attached hydrogens (tertiary/aromatic N) is 2. The third-order valence-electron chi connectivity index (χ3n) is 2.90. The van der Waals surface area contributed by atoms with Crippen molar-refractivity contribution in [3.63, 3.8) is 0 Å². The van der Waals surface area contributed by atoms with Crippen LogP contribution in [0, 0.1) is 11.3 Å². The van der Waals surface area contributed by atoms with E-state index in [0.717, 1.165) is 17.1 Å². The van der Waals surface area contributed by atoms with E-state index in [2.05, 4.69) is 6.07 Å². The molecule has 0 N–H and O–H groups in total. The lowest BCUT2D eigenvalue weighted by molar-refractivity contribution is -0.115. The van der Waals surface area contributed by atoms with Crippen LogP contribution in [0.2, 0.25) is 0 Å². The van der Waals surface area contributed by atoms with E-state index in [1.54, 1.807) is 48.4 Å². The van der Waals surface area contributed by atoms with Crippen molar-refractivity contribution in [3.05, 3.63) is 54.1 Å². The molecule has 2 aromatic carbocycles. The van der Waals surface area contributed by atoms with E-state index in [1.165, 1.54) is 6.92 Å². The fraction of sp³-hybridized carbons (Fsp3) is 0.125. The molecule has 1 amide bonds. The third kappa shape index (κ3) is 2.78. The minimum atomic E-state index is -0.0973. The van der Waals surface area contributed by atoms with E-state index in [-0.39, 0.29) is 5.91 Å². The molecule has 0 aliphatic heterocycles. The number of ether oxygens (including phenoxy) is 1. The second-order valence-corrected chi connectivity index (χ2v) is 4.21. The number of carbonyl (C=O) groups excluding carboxylic acids is 1. The summed E-state index contributed by atoms with van der Waals surface area (Å²) in [5.41, 5.74) is 2.04. The second kappa shape index (κ2) is 5.89. The Labute approximate surface area is 117 Å². The Bertz CT molecular complexity index is 640. The fourth-order valence-corrected chi connectivity index (χ4v) is 1.93. The van der Waals surface area contributed by atoms with Crippen molar-refractivity contribution in [1.82, 2.24) is 0 Å². The van der Waals surface area contributed by atoms with Gasteiger partial charge in [0.1, 0.15) is 5.75 Å². The molecule has 0 saturated carbocycles. The summed E-state index contributed by atoms with van der Waals surface area (Å²) >= 11 is 0. The van der Waals surface area contributed by atoms with Crippen LogP contribution in [-0.4, -0.2) is 13.0 Å². The van der Waals surface area contributed by atoms with Crippen LogP contribution in [0.4, 0.5) is 11.4 Å². The minimum absolute atomic E-state index is 0.0973. The maximum Gasteiger partial charge on any atom is 0.228 e. The Morgan fingerprint density at radius 2 is 1.55 bits per heavy atom. The Kier molecular flexibility index (Phi) is 4.02. The van der Waals surface area contributed by atoms with Crippen LogP contribution in [0.1, 0.15) is 12.5 Å².